The number of likely N-dealkylation sites (tertiary alicyclic amines) is 1. The first-order chi connectivity index (χ1) is 12.2. The molecule has 0 unspecified atom stereocenters. The Morgan fingerprint density at radius 3 is 2.44 bits per heavy atom. The van der Waals surface area contributed by atoms with Gasteiger partial charge >= 0.3 is 0 Å². The summed E-state index contributed by atoms with van der Waals surface area (Å²) in [6.45, 7) is 1.77. The molecule has 25 heavy (non-hydrogen) atoms. The fourth-order valence-electron chi connectivity index (χ4n) is 4.39. The Labute approximate surface area is 146 Å². The minimum atomic E-state index is 0.112. The van der Waals surface area contributed by atoms with Gasteiger partial charge in [-0.3, -0.25) is 14.8 Å². The fraction of sp³-hybridized carbons (Fsp3) is 0.286. The molecule has 124 valence electrons. The average molecular weight is 329 g/mol. The number of nitrogens with zero attached hydrogens (tertiary/aromatic N) is 3. The first kappa shape index (κ1) is 14.6. The molecule has 0 atom stereocenters. The van der Waals surface area contributed by atoms with E-state index in [1.165, 1.54) is 18.4 Å². The van der Waals surface area contributed by atoms with Crippen LogP contribution in [0.4, 0.5) is 0 Å². The summed E-state index contributed by atoms with van der Waals surface area (Å²) in [7, 11) is 0. The van der Waals surface area contributed by atoms with Gasteiger partial charge in [-0.15, -0.1) is 0 Å². The third kappa shape index (κ3) is 2.40. The lowest BCUT2D eigenvalue weighted by Gasteiger charge is -2.59. The van der Waals surface area contributed by atoms with Crippen LogP contribution in [0.3, 0.4) is 0 Å². The molecule has 3 aromatic rings. The quantitative estimate of drug-likeness (QED) is 0.721. The van der Waals surface area contributed by atoms with E-state index in [0.717, 1.165) is 24.1 Å². The minimum absolute atomic E-state index is 0.112. The average Bonchev–Trinajstić information content (AvgIpc) is 2.59. The number of hydrogen-bond acceptors (Lipinski definition) is 3. The Balaban J connectivity index is 1.25. The highest BCUT2D eigenvalue weighted by molar-refractivity contribution is 5.97. The Morgan fingerprint density at radius 1 is 0.960 bits per heavy atom. The fourth-order valence-corrected chi connectivity index (χ4v) is 4.39. The standard InChI is InChI=1S/C21H19N3O/c25-20(16-6-7-18-19(10-16)23-9-8-22-18)24-13-21(14-24)11-17(12-21)15-4-2-1-3-5-15/h1-10,17H,11-14H2. The number of carbonyl (C=O) groups excluding carboxylic acids is 1. The summed E-state index contributed by atoms with van der Waals surface area (Å²) in [5.41, 5.74) is 4.10. The van der Waals surface area contributed by atoms with Crippen LogP contribution >= 0.6 is 0 Å². The van der Waals surface area contributed by atoms with Crippen molar-refractivity contribution in [2.45, 2.75) is 18.8 Å². The van der Waals surface area contributed by atoms with E-state index in [4.69, 9.17) is 0 Å². The molecule has 1 amide bonds. The van der Waals surface area contributed by atoms with Crippen LogP contribution in [-0.4, -0.2) is 33.9 Å². The maximum absolute atomic E-state index is 12.7. The van der Waals surface area contributed by atoms with Crippen LogP contribution in [0.15, 0.2) is 60.9 Å². The van der Waals surface area contributed by atoms with E-state index in [-0.39, 0.29) is 5.91 Å². The predicted octanol–water partition coefficient (Wildman–Crippen LogP) is 3.65. The van der Waals surface area contributed by atoms with Crippen LogP contribution in [-0.2, 0) is 0 Å². The second-order valence-electron chi connectivity index (χ2n) is 7.44. The molecule has 1 spiro atoms. The Morgan fingerprint density at radius 2 is 1.68 bits per heavy atom. The molecule has 2 heterocycles. The highest BCUT2D eigenvalue weighted by Crippen LogP contribution is 2.56. The number of benzene rings is 2. The zero-order valence-corrected chi connectivity index (χ0v) is 13.9. The molecule has 5 rings (SSSR count). The first-order valence-electron chi connectivity index (χ1n) is 8.78. The summed E-state index contributed by atoms with van der Waals surface area (Å²) in [4.78, 5) is 23.2. The summed E-state index contributed by atoms with van der Waals surface area (Å²) in [6, 6.07) is 16.3. The van der Waals surface area contributed by atoms with E-state index >= 15 is 0 Å². The van der Waals surface area contributed by atoms with Gasteiger partial charge in [-0.1, -0.05) is 30.3 Å². The summed E-state index contributed by atoms with van der Waals surface area (Å²) in [6.07, 6.45) is 5.73. The van der Waals surface area contributed by atoms with E-state index in [9.17, 15) is 4.79 Å². The molecule has 1 aliphatic carbocycles. The number of rotatable bonds is 2. The van der Waals surface area contributed by atoms with Gasteiger partial charge in [0.2, 0.25) is 0 Å². The molecule has 0 radical (unpaired) electrons. The maximum atomic E-state index is 12.7. The zero-order chi connectivity index (χ0) is 16.9. The molecule has 1 aromatic heterocycles. The molecule has 1 aliphatic heterocycles. The van der Waals surface area contributed by atoms with E-state index in [1.807, 2.05) is 23.1 Å². The van der Waals surface area contributed by atoms with Crippen molar-refractivity contribution in [3.05, 3.63) is 72.1 Å². The number of amides is 1. The van der Waals surface area contributed by atoms with Gasteiger partial charge in [-0.05, 0) is 42.5 Å². The van der Waals surface area contributed by atoms with Gasteiger partial charge in [-0.25, -0.2) is 0 Å². The Bertz CT molecular complexity index is 940. The first-order valence-corrected chi connectivity index (χ1v) is 8.78. The van der Waals surface area contributed by atoms with Crippen LogP contribution in [0, 0.1) is 5.41 Å². The van der Waals surface area contributed by atoms with Crippen molar-refractivity contribution in [3.63, 3.8) is 0 Å². The molecule has 1 saturated carbocycles. The van der Waals surface area contributed by atoms with Crippen LogP contribution in [0.2, 0.25) is 0 Å². The van der Waals surface area contributed by atoms with Gasteiger partial charge in [-0.2, -0.15) is 0 Å². The summed E-state index contributed by atoms with van der Waals surface area (Å²) >= 11 is 0. The monoisotopic (exact) mass is 329 g/mol. The van der Waals surface area contributed by atoms with Crippen molar-refractivity contribution in [3.8, 4) is 0 Å². The molecule has 0 N–H and O–H groups in total. The third-order valence-electron chi connectivity index (χ3n) is 5.69. The van der Waals surface area contributed by atoms with Gasteiger partial charge in [0.05, 0.1) is 11.0 Å². The van der Waals surface area contributed by atoms with Gasteiger partial charge < -0.3 is 4.90 Å². The topological polar surface area (TPSA) is 46.1 Å². The van der Waals surface area contributed by atoms with Crippen molar-refractivity contribution in [1.82, 2.24) is 14.9 Å². The minimum Gasteiger partial charge on any atom is -0.337 e. The zero-order valence-electron chi connectivity index (χ0n) is 13.9. The summed E-state index contributed by atoms with van der Waals surface area (Å²) < 4.78 is 0. The molecule has 4 nitrogen and oxygen atoms in total. The smallest absolute Gasteiger partial charge is 0.253 e. The van der Waals surface area contributed by atoms with E-state index in [1.54, 1.807) is 12.4 Å². The summed E-state index contributed by atoms with van der Waals surface area (Å²) in [5.74, 6) is 0.774. The number of fused-ring (bicyclic) bond motifs is 1. The van der Waals surface area contributed by atoms with Crippen LogP contribution in [0.1, 0.15) is 34.7 Å². The second-order valence-corrected chi connectivity index (χ2v) is 7.44. The molecule has 2 aliphatic rings. The predicted molar refractivity (Wildman–Crippen MR) is 96.3 cm³/mol. The van der Waals surface area contributed by atoms with Crippen molar-refractivity contribution in [2.75, 3.05) is 13.1 Å². The SMILES string of the molecule is O=C(c1ccc2nccnc2c1)N1CC2(CC(c3ccccc3)C2)C1. The number of hydrogen-bond donors (Lipinski definition) is 0. The molecule has 2 aromatic carbocycles. The van der Waals surface area contributed by atoms with Crippen LogP contribution in [0.25, 0.3) is 11.0 Å². The van der Waals surface area contributed by atoms with Gasteiger partial charge in [0.1, 0.15) is 0 Å². The molecular weight excluding hydrogens is 310 g/mol. The van der Waals surface area contributed by atoms with Crippen molar-refractivity contribution in [2.24, 2.45) is 5.41 Å². The number of aromatic nitrogens is 2. The molecule has 2 fully saturated rings. The van der Waals surface area contributed by atoms with Gasteiger partial charge in [0.25, 0.3) is 5.91 Å². The van der Waals surface area contributed by atoms with Crippen LogP contribution in [0.5, 0.6) is 0 Å². The van der Waals surface area contributed by atoms with Crippen molar-refractivity contribution >= 4 is 16.9 Å². The lowest BCUT2D eigenvalue weighted by atomic mass is 9.56. The normalized spacial score (nSPS) is 18.8. The molecule has 0 bridgehead atoms. The Kier molecular flexibility index (Phi) is 3.14. The van der Waals surface area contributed by atoms with Gasteiger partial charge in [0, 0.05) is 36.5 Å². The molecular formula is C21H19N3O. The maximum Gasteiger partial charge on any atom is 0.253 e. The highest BCUT2D eigenvalue weighted by atomic mass is 16.2. The lowest BCUT2D eigenvalue weighted by molar-refractivity contribution is -0.0553. The molecule has 4 heteroatoms. The van der Waals surface area contributed by atoms with E-state index in [0.29, 0.717) is 16.9 Å². The second kappa shape index (κ2) is 5.38. The molecule has 1 saturated heterocycles. The summed E-state index contributed by atoms with van der Waals surface area (Å²) in [5, 5.41) is 0. The van der Waals surface area contributed by atoms with Crippen molar-refractivity contribution < 1.29 is 4.79 Å². The highest BCUT2D eigenvalue weighted by Gasteiger charge is 2.53. The third-order valence-corrected chi connectivity index (χ3v) is 5.69. The van der Waals surface area contributed by atoms with Crippen LogP contribution < -0.4 is 0 Å². The number of carbonyl (C=O) groups is 1. The lowest BCUT2D eigenvalue weighted by Crippen LogP contribution is -2.63. The van der Waals surface area contributed by atoms with E-state index in [2.05, 4.69) is 40.3 Å². The Hall–Kier alpha value is -2.75. The van der Waals surface area contributed by atoms with Crippen molar-refractivity contribution in [1.29, 1.82) is 0 Å². The van der Waals surface area contributed by atoms with E-state index < -0.39 is 0 Å². The van der Waals surface area contributed by atoms with Gasteiger partial charge in [0.15, 0.2) is 0 Å². The largest absolute Gasteiger partial charge is 0.337 e.